The molecule has 2 aromatic heterocycles. The van der Waals surface area contributed by atoms with E-state index in [1.54, 1.807) is 19.6 Å². The van der Waals surface area contributed by atoms with Crippen molar-refractivity contribution in [1.29, 1.82) is 0 Å². The zero-order valence-electron chi connectivity index (χ0n) is 17.6. The molecule has 0 amide bonds. The second-order valence-electron chi connectivity index (χ2n) is 6.67. The molecule has 0 fully saturated rings. The molecule has 0 unspecified atom stereocenters. The first-order valence-electron chi connectivity index (χ1n) is 9.78. The SMILES string of the molecule is CCNC(=NCc1ccc(-n2ccnc2)nc1)NCCc1ccc(C)c(OC)c1.I. The summed E-state index contributed by atoms with van der Waals surface area (Å²) in [4.78, 5) is 13.2. The molecule has 30 heavy (non-hydrogen) atoms. The van der Waals surface area contributed by atoms with Gasteiger partial charge in [0.1, 0.15) is 17.9 Å². The second kappa shape index (κ2) is 12.2. The van der Waals surface area contributed by atoms with Crippen molar-refractivity contribution in [2.75, 3.05) is 20.2 Å². The first-order valence-corrected chi connectivity index (χ1v) is 9.78. The largest absolute Gasteiger partial charge is 0.496 e. The Morgan fingerprint density at radius 1 is 1.17 bits per heavy atom. The summed E-state index contributed by atoms with van der Waals surface area (Å²) in [7, 11) is 1.71. The number of nitrogens with one attached hydrogen (secondary N) is 2. The van der Waals surface area contributed by atoms with E-state index >= 15 is 0 Å². The second-order valence-corrected chi connectivity index (χ2v) is 6.67. The van der Waals surface area contributed by atoms with E-state index in [4.69, 9.17) is 4.74 Å². The zero-order chi connectivity index (χ0) is 20.5. The van der Waals surface area contributed by atoms with E-state index in [9.17, 15) is 0 Å². The molecule has 8 heteroatoms. The van der Waals surface area contributed by atoms with Crippen LogP contribution in [0.5, 0.6) is 5.75 Å². The maximum Gasteiger partial charge on any atom is 0.191 e. The summed E-state index contributed by atoms with van der Waals surface area (Å²) in [5.74, 6) is 2.56. The molecule has 3 aromatic rings. The van der Waals surface area contributed by atoms with Crippen molar-refractivity contribution in [2.24, 2.45) is 4.99 Å². The number of guanidine groups is 1. The molecular formula is C22H29IN6O. The van der Waals surface area contributed by atoms with Gasteiger partial charge < -0.3 is 15.4 Å². The number of pyridine rings is 1. The number of aryl methyl sites for hydroxylation is 1. The highest BCUT2D eigenvalue weighted by atomic mass is 127. The predicted molar refractivity (Wildman–Crippen MR) is 131 cm³/mol. The van der Waals surface area contributed by atoms with Gasteiger partial charge in [-0.3, -0.25) is 4.57 Å². The predicted octanol–water partition coefficient (Wildman–Crippen LogP) is 3.50. The Labute approximate surface area is 195 Å². The molecule has 0 atom stereocenters. The number of benzene rings is 1. The smallest absolute Gasteiger partial charge is 0.191 e. The Morgan fingerprint density at radius 3 is 2.67 bits per heavy atom. The lowest BCUT2D eigenvalue weighted by Gasteiger charge is -2.12. The molecule has 0 radical (unpaired) electrons. The molecule has 160 valence electrons. The summed E-state index contributed by atoms with van der Waals surface area (Å²) in [6, 6.07) is 10.3. The Hall–Kier alpha value is -2.62. The van der Waals surface area contributed by atoms with Gasteiger partial charge in [-0.15, -0.1) is 24.0 Å². The number of nitrogens with zero attached hydrogens (tertiary/aromatic N) is 4. The first-order chi connectivity index (χ1) is 14.2. The lowest BCUT2D eigenvalue weighted by atomic mass is 10.1. The van der Waals surface area contributed by atoms with Gasteiger partial charge in [-0.25, -0.2) is 15.0 Å². The quantitative estimate of drug-likeness (QED) is 0.270. The minimum absolute atomic E-state index is 0. The van der Waals surface area contributed by atoms with Crippen LogP contribution >= 0.6 is 24.0 Å². The van der Waals surface area contributed by atoms with Gasteiger partial charge in [0.15, 0.2) is 5.96 Å². The first kappa shape index (κ1) is 23.7. The maximum atomic E-state index is 5.40. The van der Waals surface area contributed by atoms with Crippen LogP contribution in [0.1, 0.15) is 23.6 Å². The van der Waals surface area contributed by atoms with Crippen molar-refractivity contribution >= 4 is 29.9 Å². The molecule has 1 aromatic carbocycles. The summed E-state index contributed by atoms with van der Waals surface area (Å²) < 4.78 is 7.28. The highest BCUT2D eigenvalue weighted by Crippen LogP contribution is 2.19. The fourth-order valence-corrected chi connectivity index (χ4v) is 2.91. The normalized spacial score (nSPS) is 11.0. The fraction of sp³-hybridized carbons (Fsp3) is 0.318. The van der Waals surface area contributed by atoms with Crippen LogP contribution in [0.4, 0.5) is 0 Å². The number of hydrogen-bond donors (Lipinski definition) is 2. The molecule has 0 bridgehead atoms. The maximum absolute atomic E-state index is 5.40. The van der Waals surface area contributed by atoms with Crippen LogP contribution in [0.25, 0.3) is 5.82 Å². The number of rotatable bonds is 8. The summed E-state index contributed by atoms with van der Waals surface area (Å²) >= 11 is 0. The van der Waals surface area contributed by atoms with Crippen molar-refractivity contribution in [1.82, 2.24) is 25.2 Å². The van der Waals surface area contributed by atoms with E-state index in [1.807, 2.05) is 36.0 Å². The zero-order valence-corrected chi connectivity index (χ0v) is 20.0. The van der Waals surface area contributed by atoms with Gasteiger partial charge in [-0.05, 0) is 49.1 Å². The summed E-state index contributed by atoms with van der Waals surface area (Å²) in [6.07, 6.45) is 8.08. The molecular weight excluding hydrogens is 491 g/mol. The molecule has 0 saturated carbocycles. The Balaban J connectivity index is 0.00000320. The van der Waals surface area contributed by atoms with Crippen LogP contribution in [0.3, 0.4) is 0 Å². The lowest BCUT2D eigenvalue weighted by Crippen LogP contribution is -2.38. The van der Waals surface area contributed by atoms with Crippen LogP contribution in [0, 0.1) is 6.92 Å². The molecule has 0 saturated heterocycles. The molecule has 0 aliphatic rings. The molecule has 0 aliphatic carbocycles. The van der Waals surface area contributed by atoms with E-state index in [2.05, 4.69) is 50.7 Å². The van der Waals surface area contributed by atoms with Crippen molar-refractivity contribution in [3.8, 4) is 11.6 Å². The molecule has 3 rings (SSSR count). The monoisotopic (exact) mass is 520 g/mol. The minimum atomic E-state index is 0. The number of aromatic nitrogens is 3. The van der Waals surface area contributed by atoms with Crippen LogP contribution in [-0.2, 0) is 13.0 Å². The van der Waals surface area contributed by atoms with Gasteiger partial charge in [-0.2, -0.15) is 0 Å². The van der Waals surface area contributed by atoms with Crippen molar-refractivity contribution in [3.05, 3.63) is 71.9 Å². The van der Waals surface area contributed by atoms with E-state index in [0.29, 0.717) is 6.54 Å². The lowest BCUT2D eigenvalue weighted by molar-refractivity contribution is 0.411. The van der Waals surface area contributed by atoms with Crippen LogP contribution < -0.4 is 15.4 Å². The minimum Gasteiger partial charge on any atom is -0.496 e. The van der Waals surface area contributed by atoms with Crippen LogP contribution in [-0.4, -0.2) is 40.7 Å². The average molecular weight is 520 g/mol. The van der Waals surface area contributed by atoms with Gasteiger partial charge in [0, 0.05) is 31.7 Å². The van der Waals surface area contributed by atoms with Crippen LogP contribution in [0.2, 0.25) is 0 Å². The summed E-state index contributed by atoms with van der Waals surface area (Å²) in [6.45, 7) is 6.26. The van der Waals surface area contributed by atoms with Gasteiger partial charge in [0.05, 0.1) is 13.7 Å². The van der Waals surface area contributed by atoms with E-state index < -0.39 is 0 Å². The van der Waals surface area contributed by atoms with E-state index in [-0.39, 0.29) is 24.0 Å². The van der Waals surface area contributed by atoms with Gasteiger partial charge in [-0.1, -0.05) is 18.2 Å². The molecule has 2 heterocycles. The average Bonchev–Trinajstić information content (AvgIpc) is 3.28. The topological polar surface area (TPSA) is 76.4 Å². The number of halogens is 1. The number of imidazole rings is 1. The third-order valence-electron chi connectivity index (χ3n) is 4.52. The number of ether oxygens (including phenoxy) is 1. The van der Waals surface area contributed by atoms with Crippen molar-refractivity contribution in [2.45, 2.75) is 26.8 Å². The Bertz CT molecular complexity index is 925. The highest BCUT2D eigenvalue weighted by Gasteiger charge is 2.03. The summed E-state index contributed by atoms with van der Waals surface area (Å²) in [5, 5.41) is 6.68. The van der Waals surface area contributed by atoms with Gasteiger partial charge in [0.2, 0.25) is 0 Å². The van der Waals surface area contributed by atoms with Gasteiger partial charge >= 0.3 is 0 Å². The number of methoxy groups -OCH3 is 1. The third kappa shape index (κ3) is 6.72. The molecule has 2 N–H and O–H groups in total. The molecule has 0 aliphatic heterocycles. The number of hydrogen-bond acceptors (Lipinski definition) is 4. The highest BCUT2D eigenvalue weighted by molar-refractivity contribution is 14.0. The van der Waals surface area contributed by atoms with E-state index in [1.165, 1.54) is 5.56 Å². The van der Waals surface area contributed by atoms with Crippen molar-refractivity contribution < 1.29 is 4.74 Å². The molecule has 7 nitrogen and oxygen atoms in total. The van der Waals surface area contributed by atoms with Gasteiger partial charge in [0.25, 0.3) is 0 Å². The van der Waals surface area contributed by atoms with Crippen LogP contribution in [0.15, 0.2) is 60.2 Å². The Kier molecular flexibility index (Phi) is 9.59. The fourth-order valence-electron chi connectivity index (χ4n) is 2.91. The molecule has 0 spiro atoms. The third-order valence-corrected chi connectivity index (χ3v) is 4.52. The Morgan fingerprint density at radius 2 is 2.00 bits per heavy atom. The standard InChI is InChI=1S/C22H28N6O.HI/c1-4-24-22(25-10-9-18-6-5-17(2)20(13-18)29-3)27-15-19-7-8-21(26-14-19)28-12-11-23-16-28;/h5-8,11-14,16H,4,9-10,15H2,1-3H3,(H2,24,25,27);1H. The van der Waals surface area contributed by atoms with E-state index in [0.717, 1.165) is 48.2 Å². The summed E-state index contributed by atoms with van der Waals surface area (Å²) in [5.41, 5.74) is 3.43. The number of aliphatic imine (C=N–C) groups is 1. The van der Waals surface area contributed by atoms with Crippen molar-refractivity contribution in [3.63, 3.8) is 0 Å².